The zero-order chi connectivity index (χ0) is 27.3. The third-order valence-electron chi connectivity index (χ3n) is 6.88. The molecule has 7 heteroatoms. The predicted octanol–water partition coefficient (Wildman–Crippen LogP) is 4.95. The lowest BCUT2D eigenvalue weighted by atomic mass is 9.84. The minimum absolute atomic E-state index is 0.0691. The molecular formula is C30H36N2O5. The van der Waals surface area contributed by atoms with Crippen LogP contribution in [0.25, 0.3) is 0 Å². The molecule has 3 aromatic rings. The molecular weight excluding hydrogens is 468 g/mol. The quantitative estimate of drug-likeness (QED) is 0.379. The number of methoxy groups -OCH3 is 1. The Balaban J connectivity index is 1.85. The maximum atomic E-state index is 12.9. The zero-order valence-corrected chi connectivity index (χ0v) is 22.6. The number of aryl methyl sites for hydroxylation is 4. The molecule has 0 spiro atoms. The second-order valence-corrected chi connectivity index (χ2v) is 9.88. The van der Waals surface area contributed by atoms with Crippen molar-refractivity contribution < 1.29 is 24.2 Å². The van der Waals surface area contributed by atoms with E-state index in [1.807, 2.05) is 6.92 Å². The molecule has 0 fully saturated rings. The summed E-state index contributed by atoms with van der Waals surface area (Å²) in [5, 5.41) is 12.9. The second-order valence-electron chi connectivity index (χ2n) is 9.88. The molecule has 2 aromatic carbocycles. The lowest BCUT2D eigenvalue weighted by Gasteiger charge is -2.31. The number of nitrogens with one attached hydrogen (secondary N) is 1. The lowest BCUT2D eigenvalue weighted by molar-refractivity contribution is -0.115. The number of benzene rings is 2. The Labute approximate surface area is 218 Å². The topological polar surface area (TPSA) is 97.8 Å². The molecule has 1 aromatic heterocycles. The minimum Gasteiger partial charge on any atom is -0.503 e. The number of aldehydes is 1. The number of nitrogens with zero attached hydrogens (tertiary/aromatic N) is 1. The SMILES string of the molecule is COc1ccnc(C(=O)N[C@](C)(C=O)CO[C@@H](C)C(c2ccc(C)c(C)c2)c2ccc(C)c(C)c2)c1O. The molecule has 1 amide bonds. The molecule has 0 aliphatic rings. The van der Waals surface area contributed by atoms with Crippen molar-refractivity contribution in [1.29, 1.82) is 0 Å². The van der Waals surface area contributed by atoms with Gasteiger partial charge in [0, 0.05) is 18.2 Å². The van der Waals surface area contributed by atoms with Crippen LogP contribution in [0.15, 0.2) is 48.7 Å². The number of hydrogen-bond acceptors (Lipinski definition) is 6. The average molecular weight is 505 g/mol. The number of ether oxygens (including phenoxy) is 2. The van der Waals surface area contributed by atoms with Crippen molar-refractivity contribution in [3.8, 4) is 11.5 Å². The standard InChI is InChI=1S/C30H36N2O5/c1-18-8-10-23(14-20(18)3)26(24-11-9-19(2)21(4)15-24)22(5)37-17-30(6,16-33)32-29(35)27-28(34)25(36-7)12-13-31-27/h8-16,22,26,34H,17H2,1-7H3,(H,32,35)/t22-,30+/m0/s1. The Hall–Kier alpha value is -3.71. The van der Waals surface area contributed by atoms with E-state index in [0.717, 1.165) is 11.1 Å². The van der Waals surface area contributed by atoms with Gasteiger partial charge >= 0.3 is 0 Å². The fourth-order valence-electron chi connectivity index (χ4n) is 4.24. The van der Waals surface area contributed by atoms with E-state index in [-0.39, 0.29) is 30.1 Å². The molecule has 7 nitrogen and oxygen atoms in total. The Morgan fingerprint density at radius 1 is 1.03 bits per heavy atom. The molecule has 2 atom stereocenters. The van der Waals surface area contributed by atoms with Crippen LogP contribution in [-0.4, -0.2) is 47.6 Å². The van der Waals surface area contributed by atoms with Gasteiger partial charge in [0.25, 0.3) is 5.91 Å². The van der Waals surface area contributed by atoms with E-state index in [2.05, 4.69) is 74.4 Å². The highest BCUT2D eigenvalue weighted by Crippen LogP contribution is 2.33. The van der Waals surface area contributed by atoms with Crippen LogP contribution in [0.5, 0.6) is 11.5 Å². The number of rotatable bonds is 10. The number of carbonyl (C=O) groups is 2. The summed E-state index contributed by atoms with van der Waals surface area (Å²) in [6.45, 7) is 11.8. The average Bonchev–Trinajstić information content (AvgIpc) is 2.87. The third-order valence-corrected chi connectivity index (χ3v) is 6.88. The Kier molecular flexibility index (Phi) is 8.71. The first-order valence-corrected chi connectivity index (χ1v) is 12.3. The monoisotopic (exact) mass is 504 g/mol. The van der Waals surface area contributed by atoms with Gasteiger partial charge in [0.1, 0.15) is 11.8 Å². The van der Waals surface area contributed by atoms with Crippen molar-refractivity contribution in [1.82, 2.24) is 10.3 Å². The van der Waals surface area contributed by atoms with Gasteiger partial charge in [-0.2, -0.15) is 0 Å². The van der Waals surface area contributed by atoms with E-state index >= 15 is 0 Å². The number of aromatic nitrogens is 1. The second kappa shape index (κ2) is 11.6. The molecule has 0 saturated heterocycles. The molecule has 0 aliphatic heterocycles. The number of aromatic hydroxyl groups is 1. The summed E-state index contributed by atoms with van der Waals surface area (Å²) in [7, 11) is 1.38. The number of pyridine rings is 1. The van der Waals surface area contributed by atoms with Gasteiger partial charge in [-0.15, -0.1) is 0 Å². The van der Waals surface area contributed by atoms with Crippen molar-refractivity contribution in [2.24, 2.45) is 0 Å². The lowest BCUT2D eigenvalue weighted by Crippen LogP contribution is -2.51. The van der Waals surface area contributed by atoms with Gasteiger partial charge in [0.05, 0.1) is 19.8 Å². The maximum Gasteiger partial charge on any atom is 0.274 e. The van der Waals surface area contributed by atoms with Crippen LogP contribution in [0.4, 0.5) is 0 Å². The summed E-state index contributed by atoms with van der Waals surface area (Å²) in [5.41, 5.74) is 5.44. The van der Waals surface area contributed by atoms with Gasteiger partial charge in [0.15, 0.2) is 17.2 Å². The smallest absolute Gasteiger partial charge is 0.274 e. The first-order chi connectivity index (χ1) is 17.5. The number of hydrogen-bond donors (Lipinski definition) is 2. The Morgan fingerprint density at radius 2 is 1.59 bits per heavy atom. The summed E-state index contributed by atoms with van der Waals surface area (Å²) >= 11 is 0. The normalized spacial score (nSPS) is 13.6. The van der Waals surface area contributed by atoms with Gasteiger partial charge in [0.2, 0.25) is 0 Å². The van der Waals surface area contributed by atoms with Crippen LogP contribution >= 0.6 is 0 Å². The molecule has 0 saturated carbocycles. The van der Waals surface area contributed by atoms with Crippen LogP contribution in [0.3, 0.4) is 0 Å². The van der Waals surface area contributed by atoms with E-state index in [1.54, 1.807) is 6.92 Å². The largest absolute Gasteiger partial charge is 0.503 e. The summed E-state index contributed by atoms with van der Waals surface area (Å²) in [6.07, 6.45) is 1.67. The van der Waals surface area contributed by atoms with Crippen LogP contribution in [0.1, 0.15) is 63.6 Å². The van der Waals surface area contributed by atoms with Crippen molar-refractivity contribution in [2.75, 3.05) is 13.7 Å². The molecule has 0 radical (unpaired) electrons. The molecule has 0 unspecified atom stereocenters. The number of amides is 1. The first-order valence-electron chi connectivity index (χ1n) is 12.3. The molecule has 2 N–H and O–H groups in total. The summed E-state index contributed by atoms with van der Waals surface area (Å²) in [4.78, 5) is 28.9. The summed E-state index contributed by atoms with van der Waals surface area (Å²) in [5.74, 6) is -1.08. The highest BCUT2D eigenvalue weighted by Gasteiger charge is 2.32. The van der Waals surface area contributed by atoms with Crippen molar-refractivity contribution in [3.63, 3.8) is 0 Å². The van der Waals surface area contributed by atoms with E-state index in [9.17, 15) is 14.7 Å². The van der Waals surface area contributed by atoms with Gasteiger partial charge in [-0.05, 0) is 74.9 Å². The van der Waals surface area contributed by atoms with Crippen LogP contribution in [-0.2, 0) is 9.53 Å². The fraction of sp³-hybridized carbons (Fsp3) is 0.367. The van der Waals surface area contributed by atoms with Gasteiger partial charge < -0.3 is 24.7 Å². The molecule has 3 rings (SSSR count). The minimum atomic E-state index is -1.35. The van der Waals surface area contributed by atoms with Crippen molar-refractivity contribution in [2.45, 2.75) is 59.1 Å². The van der Waals surface area contributed by atoms with E-state index < -0.39 is 17.2 Å². The zero-order valence-electron chi connectivity index (χ0n) is 22.6. The highest BCUT2D eigenvalue weighted by molar-refractivity contribution is 5.97. The first kappa shape index (κ1) is 27.9. The van der Waals surface area contributed by atoms with E-state index in [4.69, 9.17) is 9.47 Å². The van der Waals surface area contributed by atoms with Gasteiger partial charge in [-0.1, -0.05) is 36.4 Å². The predicted molar refractivity (Wildman–Crippen MR) is 143 cm³/mol. The summed E-state index contributed by atoms with van der Waals surface area (Å²) < 4.78 is 11.3. The molecule has 37 heavy (non-hydrogen) atoms. The number of carbonyl (C=O) groups excluding carboxylic acids is 2. The Bertz CT molecular complexity index is 1240. The highest BCUT2D eigenvalue weighted by atomic mass is 16.5. The summed E-state index contributed by atoms with van der Waals surface area (Å²) in [6, 6.07) is 14.2. The van der Waals surface area contributed by atoms with Gasteiger partial charge in [-0.25, -0.2) is 4.98 Å². The fourth-order valence-corrected chi connectivity index (χ4v) is 4.24. The van der Waals surface area contributed by atoms with Crippen LogP contribution in [0.2, 0.25) is 0 Å². The van der Waals surface area contributed by atoms with E-state index in [0.29, 0.717) is 6.29 Å². The van der Waals surface area contributed by atoms with Crippen LogP contribution in [0, 0.1) is 27.7 Å². The molecule has 0 bridgehead atoms. The third kappa shape index (κ3) is 6.35. The Morgan fingerprint density at radius 3 is 2.08 bits per heavy atom. The van der Waals surface area contributed by atoms with Crippen LogP contribution < -0.4 is 10.1 Å². The maximum absolute atomic E-state index is 12.9. The van der Waals surface area contributed by atoms with Gasteiger partial charge in [-0.3, -0.25) is 4.79 Å². The molecule has 1 heterocycles. The van der Waals surface area contributed by atoms with E-state index in [1.165, 1.54) is 41.6 Å². The molecule has 196 valence electrons. The van der Waals surface area contributed by atoms with Crippen molar-refractivity contribution in [3.05, 3.63) is 87.7 Å². The van der Waals surface area contributed by atoms with Crippen molar-refractivity contribution >= 4 is 12.2 Å². The molecule has 0 aliphatic carbocycles.